The molecule has 4 rings (SSSR count). The summed E-state index contributed by atoms with van der Waals surface area (Å²) >= 11 is 0. The quantitative estimate of drug-likeness (QED) is 0.386. The maximum Gasteiger partial charge on any atom is 0.407 e. The first-order chi connectivity index (χ1) is 15.5. The minimum atomic E-state index is -1.25. The number of aromatic amines is 1. The van der Waals surface area contributed by atoms with Crippen LogP contribution in [0.3, 0.4) is 0 Å². The first-order valence-electron chi connectivity index (χ1n) is 10.4. The van der Waals surface area contributed by atoms with Gasteiger partial charge in [-0.05, 0) is 34.7 Å². The smallest absolute Gasteiger partial charge is 0.407 e. The maximum absolute atomic E-state index is 12.2. The van der Waals surface area contributed by atoms with E-state index in [2.05, 4.69) is 22.4 Å². The van der Waals surface area contributed by atoms with Crippen LogP contribution < -0.4 is 16.6 Å². The van der Waals surface area contributed by atoms with Crippen LogP contribution >= 0.6 is 0 Å². The highest BCUT2D eigenvalue weighted by Crippen LogP contribution is 2.44. The van der Waals surface area contributed by atoms with Crippen molar-refractivity contribution in [3.8, 4) is 11.1 Å². The number of H-pyrrole nitrogens is 1. The Morgan fingerprint density at radius 2 is 1.72 bits per heavy atom. The topological polar surface area (TPSA) is 138 Å². The van der Waals surface area contributed by atoms with Crippen LogP contribution in [-0.4, -0.2) is 40.5 Å². The molecule has 1 aromatic heterocycles. The molecule has 8 nitrogen and oxygen atoms in total. The molecule has 0 spiro atoms. The molecule has 1 amide bonds. The van der Waals surface area contributed by atoms with Gasteiger partial charge in [-0.1, -0.05) is 48.5 Å². The van der Waals surface area contributed by atoms with Crippen molar-refractivity contribution < 1.29 is 19.7 Å². The molecule has 3 aromatic rings. The summed E-state index contributed by atoms with van der Waals surface area (Å²) in [6.45, 7) is 0.301. The molecule has 0 bridgehead atoms. The van der Waals surface area contributed by atoms with Crippen LogP contribution in [0.5, 0.6) is 0 Å². The van der Waals surface area contributed by atoms with E-state index in [4.69, 9.17) is 10.5 Å². The molecule has 6 N–H and O–H groups in total. The molecule has 8 heteroatoms. The Balaban J connectivity index is 1.29. The normalized spacial score (nSPS) is 14.3. The third kappa shape index (κ3) is 4.37. The van der Waals surface area contributed by atoms with Gasteiger partial charge in [0.2, 0.25) is 0 Å². The Morgan fingerprint density at radius 1 is 1.09 bits per heavy atom. The van der Waals surface area contributed by atoms with Gasteiger partial charge in [0.1, 0.15) is 12.7 Å². The lowest BCUT2D eigenvalue weighted by molar-refractivity contribution is 0.0135. The number of amides is 1. The largest absolute Gasteiger partial charge is 0.449 e. The van der Waals surface area contributed by atoms with Crippen LogP contribution in [0.1, 0.15) is 35.1 Å². The number of nitrogens with one attached hydrogen (secondary N) is 2. The highest BCUT2D eigenvalue weighted by Gasteiger charge is 2.29. The van der Waals surface area contributed by atoms with Crippen LogP contribution in [-0.2, 0) is 4.74 Å². The second kappa shape index (κ2) is 9.25. The molecule has 0 fully saturated rings. The minimum Gasteiger partial charge on any atom is -0.449 e. The van der Waals surface area contributed by atoms with Crippen molar-refractivity contribution in [1.82, 2.24) is 10.3 Å². The van der Waals surface area contributed by atoms with E-state index in [9.17, 15) is 19.8 Å². The van der Waals surface area contributed by atoms with Crippen molar-refractivity contribution in [3.63, 3.8) is 0 Å². The fourth-order valence-electron chi connectivity index (χ4n) is 4.04. The molecule has 1 aliphatic rings. The number of fused-ring (bicyclic) bond motifs is 3. The number of rotatable bonds is 7. The maximum atomic E-state index is 12.2. The molecule has 166 valence electrons. The lowest BCUT2D eigenvalue weighted by Gasteiger charge is -2.19. The molecule has 1 aliphatic carbocycles. The van der Waals surface area contributed by atoms with Crippen molar-refractivity contribution in [2.75, 3.05) is 18.9 Å². The highest BCUT2D eigenvalue weighted by molar-refractivity contribution is 5.79. The number of anilines is 1. The van der Waals surface area contributed by atoms with Crippen LogP contribution in [0.15, 0.2) is 65.6 Å². The number of aliphatic hydroxyl groups excluding tert-OH is 2. The van der Waals surface area contributed by atoms with E-state index >= 15 is 0 Å². The molecular weight excluding hydrogens is 410 g/mol. The molecular formula is C24H25N3O5. The zero-order chi connectivity index (χ0) is 22.7. The van der Waals surface area contributed by atoms with Crippen LogP contribution in [0, 0.1) is 0 Å². The number of carbonyl (C=O) groups is 1. The fraction of sp³-hybridized carbons (Fsp3) is 0.250. The summed E-state index contributed by atoms with van der Waals surface area (Å²) < 4.78 is 5.45. The van der Waals surface area contributed by atoms with Gasteiger partial charge >= 0.3 is 6.09 Å². The molecule has 0 radical (unpaired) electrons. The Hall–Kier alpha value is -3.62. The molecule has 0 saturated carbocycles. The van der Waals surface area contributed by atoms with Crippen molar-refractivity contribution in [1.29, 1.82) is 0 Å². The lowest BCUT2D eigenvalue weighted by Crippen LogP contribution is -2.31. The van der Waals surface area contributed by atoms with Gasteiger partial charge in [-0.15, -0.1) is 0 Å². The number of aliphatic hydroxyl groups is 2. The molecule has 2 atom stereocenters. The molecule has 0 saturated heterocycles. The Morgan fingerprint density at radius 3 is 2.34 bits per heavy atom. The summed E-state index contributed by atoms with van der Waals surface area (Å²) in [4.78, 5) is 25.9. The molecule has 0 aliphatic heterocycles. The van der Waals surface area contributed by atoms with Crippen LogP contribution in [0.2, 0.25) is 0 Å². The second-order valence-electron chi connectivity index (χ2n) is 7.77. The second-order valence-corrected chi connectivity index (χ2v) is 7.77. The van der Waals surface area contributed by atoms with E-state index in [1.807, 2.05) is 36.4 Å². The Bertz CT molecular complexity index is 1130. The zero-order valence-electron chi connectivity index (χ0n) is 17.3. The number of hydrogen-bond donors (Lipinski definition) is 5. The SMILES string of the molecule is Nc1cc(C(O)C(O)CCNC(=O)OCC2c3ccccc3-c3ccccc32)c[nH]c1=O. The standard InChI is InChI=1S/C24H25N3O5/c25-20-11-14(12-27-23(20)30)22(29)21(28)9-10-26-24(31)32-13-19-17-7-3-1-5-15(17)16-6-2-4-8-18(16)19/h1-8,11-12,19,21-22,28-29H,9-10,13,25H2,(H,26,31)(H,27,30). The highest BCUT2D eigenvalue weighted by atomic mass is 16.5. The van der Waals surface area contributed by atoms with Gasteiger partial charge in [0, 0.05) is 24.2 Å². The van der Waals surface area contributed by atoms with E-state index in [0.717, 1.165) is 22.3 Å². The number of carbonyl (C=O) groups excluding carboxylic acids is 1. The first kappa shape index (κ1) is 21.6. The number of alkyl carbamates (subject to hydrolysis) is 1. The van der Waals surface area contributed by atoms with Gasteiger partial charge in [-0.2, -0.15) is 0 Å². The summed E-state index contributed by atoms with van der Waals surface area (Å²) in [6.07, 6.45) is -1.62. The first-order valence-corrected chi connectivity index (χ1v) is 10.4. The number of hydrogen-bond acceptors (Lipinski definition) is 6. The molecule has 2 unspecified atom stereocenters. The number of pyridine rings is 1. The van der Waals surface area contributed by atoms with Crippen LogP contribution in [0.25, 0.3) is 11.1 Å². The van der Waals surface area contributed by atoms with E-state index in [1.165, 1.54) is 12.3 Å². The lowest BCUT2D eigenvalue weighted by atomic mass is 9.98. The van der Waals surface area contributed by atoms with Crippen molar-refractivity contribution in [3.05, 3.63) is 87.8 Å². The third-order valence-corrected chi connectivity index (χ3v) is 5.71. The average molecular weight is 435 g/mol. The van der Waals surface area contributed by atoms with Gasteiger partial charge in [-0.25, -0.2) is 4.79 Å². The van der Waals surface area contributed by atoms with E-state index in [0.29, 0.717) is 0 Å². The molecule has 2 aromatic carbocycles. The van der Waals surface area contributed by atoms with Gasteiger partial charge in [-0.3, -0.25) is 4.79 Å². The van der Waals surface area contributed by atoms with Crippen LogP contribution in [0.4, 0.5) is 10.5 Å². The average Bonchev–Trinajstić information content (AvgIpc) is 3.12. The van der Waals surface area contributed by atoms with Crippen molar-refractivity contribution in [2.24, 2.45) is 0 Å². The summed E-state index contributed by atoms with van der Waals surface area (Å²) in [7, 11) is 0. The molecule has 1 heterocycles. The Labute approximate surface area is 184 Å². The van der Waals surface area contributed by atoms with Crippen molar-refractivity contribution >= 4 is 11.8 Å². The predicted molar refractivity (Wildman–Crippen MR) is 120 cm³/mol. The van der Waals surface area contributed by atoms with Gasteiger partial charge in [0.25, 0.3) is 5.56 Å². The predicted octanol–water partition coefficient (Wildman–Crippen LogP) is 2.28. The summed E-state index contributed by atoms with van der Waals surface area (Å²) in [5.74, 6) is -0.0359. The number of benzene rings is 2. The summed E-state index contributed by atoms with van der Waals surface area (Å²) in [6, 6.07) is 17.5. The number of ether oxygens (including phenoxy) is 1. The number of nitrogen functional groups attached to an aromatic ring is 1. The van der Waals surface area contributed by atoms with E-state index in [-0.39, 0.29) is 36.7 Å². The number of aromatic nitrogens is 1. The zero-order valence-corrected chi connectivity index (χ0v) is 17.3. The summed E-state index contributed by atoms with van der Waals surface area (Å²) in [5.41, 5.74) is 9.86. The molecule has 32 heavy (non-hydrogen) atoms. The Kier molecular flexibility index (Phi) is 6.25. The van der Waals surface area contributed by atoms with Gasteiger partial charge in [0.05, 0.1) is 11.8 Å². The third-order valence-electron chi connectivity index (χ3n) is 5.71. The van der Waals surface area contributed by atoms with E-state index in [1.54, 1.807) is 0 Å². The fourth-order valence-corrected chi connectivity index (χ4v) is 4.04. The minimum absolute atomic E-state index is 0.0359. The monoisotopic (exact) mass is 435 g/mol. The summed E-state index contributed by atoms with van der Waals surface area (Å²) in [5, 5.41) is 23.0. The van der Waals surface area contributed by atoms with E-state index < -0.39 is 23.9 Å². The van der Waals surface area contributed by atoms with Crippen molar-refractivity contribution in [2.45, 2.75) is 24.5 Å². The van der Waals surface area contributed by atoms with Gasteiger partial charge in [0.15, 0.2) is 0 Å². The van der Waals surface area contributed by atoms with Gasteiger partial charge < -0.3 is 31.0 Å². The number of nitrogens with two attached hydrogens (primary N) is 1.